The number of aryl methyl sites for hydroxylation is 1. The van der Waals surface area contributed by atoms with Crippen LogP contribution < -0.4 is 4.74 Å². The van der Waals surface area contributed by atoms with Crippen LogP contribution in [0.2, 0.25) is 5.02 Å². The first-order chi connectivity index (χ1) is 8.65. The molecule has 0 radical (unpaired) electrons. The van der Waals surface area contributed by atoms with E-state index in [1.54, 1.807) is 0 Å². The van der Waals surface area contributed by atoms with Crippen molar-refractivity contribution in [1.82, 2.24) is 0 Å². The molecule has 0 unspecified atom stereocenters. The summed E-state index contributed by atoms with van der Waals surface area (Å²) in [4.78, 5) is 0. The maximum absolute atomic E-state index is 6.27. The first kappa shape index (κ1) is 13.0. The molecule has 0 aromatic heterocycles. The van der Waals surface area contributed by atoms with Crippen LogP contribution in [0.15, 0.2) is 36.4 Å². The molecule has 0 heterocycles. The summed E-state index contributed by atoms with van der Waals surface area (Å²) in [5.74, 6) is 0.936. The highest BCUT2D eigenvalue weighted by Crippen LogP contribution is 2.37. The van der Waals surface area contributed by atoms with E-state index in [1.165, 1.54) is 11.1 Å². The average molecular weight is 261 g/mol. The number of hydrogen-bond donors (Lipinski definition) is 0. The van der Waals surface area contributed by atoms with Crippen LogP contribution >= 0.6 is 11.6 Å². The standard InChI is InChI=1S/C16H17ClO/c1-4-18-16-12(3)11(2)9-10-14(16)13-7-5-6-8-15(13)17/h5-10H,4H2,1-3H3. The number of halogens is 1. The van der Waals surface area contributed by atoms with E-state index in [4.69, 9.17) is 16.3 Å². The van der Waals surface area contributed by atoms with Crippen molar-refractivity contribution in [1.29, 1.82) is 0 Å². The van der Waals surface area contributed by atoms with Gasteiger partial charge in [-0.1, -0.05) is 41.9 Å². The van der Waals surface area contributed by atoms with Crippen molar-refractivity contribution in [2.75, 3.05) is 6.61 Å². The molecule has 0 aliphatic rings. The van der Waals surface area contributed by atoms with E-state index in [-0.39, 0.29) is 0 Å². The Bertz CT molecular complexity index is 561. The van der Waals surface area contributed by atoms with Gasteiger partial charge in [0.05, 0.1) is 6.61 Å². The zero-order valence-electron chi connectivity index (χ0n) is 11.0. The zero-order chi connectivity index (χ0) is 13.1. The third-order valence-corrected chi connectivity index (χ3v) is 3.46. The highest BCUT2D eigenvalue weighted by atomic mass is 35.5. The van der Waals surface area contributed by atoms with Crippen LogP contribution in [-0.4, -0.2) is 6.61 Å². The summed E-state index contributed by atoms with van der Waals surface area (Å²) in [7, 11) is 0. The maximum atomic E-state index is 6.27. The first-order valence-electron chi connectivity index (χ1n) is 6.13. The van der Waals surface area contributed by atoms with Gasteiger partial charge in [0.25, 0.3) is 0 Å². The number of rotatable bonds is 3. The molecule has 0 saturated heterocycles. The summed E-state index contributed by atoms with van der Waals surface area (Å²) in [6.45, 7) is 6.83. The van der Waals surface area contributed by atoms with Crippen molar-refractivity contribution in [3.05, 3.63) is 52.5 Å². The van der Waals surface area contributed by atoms with Crippen LogP contribution in [0.5, 0.6) is 5.75 Å². The monoisotopic (exact) mass is 260 g/mol. The maximum Gasteiger partial charge on any atom is 0.130 e. The van der Waals surface area contributed by atoms with Gasteiger partial charge in [-0.05, 0) is 38.0 Å². The highest BCUT2D eigenvalue weighted by Gasteiger charge is 2.12. The molecular weight excluding hydrogens is 244 g/mol. The minimum Gasteiger partial charge on any atom is -0.493 e. The van der Waals surface area contributed by atoms with Crippen molar-refractivity contribution in [2.45, 2.75) is 20.8 Å². The molecule has 0 spiro atoms. The highest BCUT2D eigenvalue weighted by molar-refractivity contribution is 6.33. The zero-order valence-corrected chi connectivity index (χ0v) is 11.7. The molecule has 2 rings (SSSR count). The molecule has 0 fully saturated rings. The molecule has 0 aliphatic carbocycles. The van der Waals surface area contributed by atoms with Gasteiger partial charge in [0, 0.05) is 16.1 Å². The molecule has 18 heavy (non-hydrogen) atoms. The number of benzene rings is 2. The second kappa shape index (κ2) is 5.45. The Hall–Kier alpha value is -1.47. The lowest BCUT2D eigenvalue weighted by Crippen LogP contribution is -1.98. The Labute approximate surface area is 113 Å². The van der Waals surface area contributed by atoms with Crippen molar-refractivity contribution in [3.8, 4) is 16.9 Å². The van der Waals surface area contributed by atoms with Crippen LogP contribution in [0.3, 0.4) is 0 Å². The van der Waals surface area contributed by atoms with E-state index in [0.717, 1.165) is 21.9 Å². The van der Waals surface area contributed by atoms with E-state index in [9.17, 15) is 0 Å². The largest absolute Gasteiger partial charge is 0.493 e. The van der Waals surface area contributed by atoms with Crippen molar-refractivity contribution < 1.29 is 4.74 Å². The molecule has 0 aliphatic heterocycles. The van der Waals surface area contributed by atoms with Gasteiger partial charge >= 0.3 is 0 Å². The van der Waals surface area contributed by atoms with Crippen molar-refractivity contribution in [3.63, 3.8) is 0 Å². The lowest BCUT2D eigenvalue weighted by Gasteiger charge is -2.16. The van der Waals surface area contributed by atoms with Gasteiger partial charge in [0.15, 0.2) is 0 Å². The van der Waals surface area contributed by atoms with Crippen LogP contribution in [0.25, 0.3) is 11.1 Å². The molecule has 0 bridgehead atoms. The number of ether oxygens (including phenoxy) is 1. The summed E-state index contributed by atoms with van der Waals surface area (Å²) >= 11 is 6.27. The fraction of sp³-hybridized carbons (Fsp3) is 0.250. The normalized spacial score (nSPS) is 10.4. The lowest BCUT2D eigenvalue weighted by atomic mass is 9.98. The van der Waals surface area contributed by atoms with Crippen molar-refractivity contribution in [2.24, 2.45) is 0 Å². The third-order valence-electron chi connectivity index (χ3n) is 3.13. The smallest absolute Gasteiger partial charge is 0.130 e. The van der Waals surface area contributed by atoms with E-state index in [1.807, 2.05) is 31.2 Å². The van der Waals surface area contributed by atoms with Crippen molar-refractivity contribution >= 4 is 11.6 Å². The van der Waals surface area contributed by atoms with Gasteiger partial charge in [-0.15, -0.1) is 0 Å². The van der Waals surface area contributed by atoms with E-state index in [0.29, 0.717) is 6.61 Å². The molecule has 2 aromatic rings. The van der Waals surface area contributed by atoms with Gasteiger partial charge in [0.2, 0.25) is 0 Å². The SMILES string of the molecule is CCOc1c(-c2ccccc2Cl)ccc(C)c1C. The Balaban J connectivity index is 2.64. The van der Waals surface area contributed by atoms with Crippen LogP contribution in [0.4, 0.5) is 0 Å². The molecule has 2 heteroatoms. The van der Waals surface area contributed by atoms with E-state index < -0.39 is 0 Å². The Kier molecular flexibility index (Phi) is 3.93. The first-order valence-corrected chi connectivity index (χ1v) is 6.50. The second-order valence-electron chi connectivity index (χ2n) is 4.30. The lowest BCUT2D eigenvalue weighted by molar-refractivity contribution is 0.339. The molecule has 94 valence electrons. The fourth-order valence-corrected chi connectivity index (χ4v) is 2.25. The molecule has 1 nitrogen and oxygen atoms in total. The van der Waals surface area contributed by atoms with Gasteiger partial charge < -0.3 is 4.74 Å². The van der Waals surface area contributed by atoms with E-state index in [2.05, 4.69) is 26.0 Å². The Morgan fingerprint density at radius 3 is 2.39 bits per heavy atom. The predicted octanol–water partition coefficient (Wildman–Crippen LogP) is 5.02. The summed E-state index contributed by atoms with van der Waals surface area (Å²) < 4.78 is 5.80. The average Bonchev–Trinajstić information content (AvgIpc) is 2.37. The summed E-state index contributed by atoms with van der Waals surface area (Å²) in [6, 6.07) is 12.0. The second-order valence-corrected chi connectivity index (χ2v) is 4.70. The molecule has 0 amide bonds. The van der Waals surface area contributed by atoms with Gasteiger partial charge in [0.1, 0.15) is 5.75 Å². The van der Waals surface area contributed by atoms with Crippen LogP contribution in [0.1, 0.15) is 18.1 Å². The van der Waals surface area contributed by atoms with Crippen LogP contribution in [-0.2, 0) is 0 Å². The quantitative estimate of drug-likeness (QED) is 0.753. The summed E-state index contributed by atoms with van der Waals surface area (Å²) in [5.41, 5.74) is 4.49. The molecule has 2 aromatic carbocycles. The fourth-order valence-electron chi connectivity index (χ4n) is 2.01. The summed E-state index contributed by atoms with van der Waals surface area (Å²) in [6.07, 6.45) is 0. The van der Waals surface area contributed by atoms with Gasteiger partial charge in [-0.2, -0.15) is 0 Å². The van der Waals surface area contributed by atoms with E-state index >= 15 is 0 Å². The van der Waals surface area contributed by atoms with Gasteiger partial charge in [-0.3, -0.25) is 0 Å². The van der Waals surface area contributed by atoms with Gasteiger partial charge in [-0.25, -0.2) is 0 Å². The number of hydrogen-bond acceptors (Lipinski definition) is 1. The van der Waals surface area contributed by atoms with Crippen LogP contribution in [0, 0.1) is 13.8 Å². The molecular formula is C16H17ClO. The molecule has 0 N–H and O–H groups in total. The topological polar surface area (TPSA) is 9.23 Å². The minimum absolute atomic E-state index is 0.655. The Morgan fingerprint density at radius 2 is 1.72 bits per heavy atom. The third kappa shape index (κ3) is 2.37. The Morgan fingerprint density at radius 1 is 1.00 bits per heavy atom. The summed E-state index contributed by atoms with van der Waals surface area (Å²) in [5, 5.41) is 0.752. The molecule has 0 atom stereocenters. The molecule has 0 saturated carbocycles. The predicted molar refractivity (Wildman–Crippen MR) is 77.5 cm³/mol. The minimum atomic E-state index is 0.655.